The molecule has 0 amide bonds. The van der Waals surface area contributed by atoms with Crippen LogP contribution in [0, 0.1) is 0 Å². The Morgan fingerprint density at radius 1 is 1.50 bits per heavy atom. The van der Waals surface area contributed by atoms with Gasteiger partial charge in [-0.1, -0.05) is 0 Å². The summed E-state index contributed by atoms with van der Waals surface area (Å²) in [6.45, 7) is 3.19. The third-order valence-electron chi connectivity index (χ3n) is 3.10. The second-order valence-corrected chi connectivity index (χ2v) is 4.35. The molecule has 94 valence electrons. The van der Waals surface area contributed by atoms with Gasteiger partial charge in [0.15, 0.2) is 0 Å². The van der Waals surface area contributed by atoms with Crippen molar-refractivity contribution in [2.45, 2.75) is 19.6 Å². The van der Waals surface area contributed by atoms with Crippen molar-refractivity contribution < 1.29 is 14.3 Å². The van der Waals surface area contributed by atoms with E-state index in [4.69, 9.17) is 9.52 Å². The quantitative estimate of drug-likeness (QED) is 0.882. The number of carbonyl (C=O) groups is 1. The molecule has 2 aromatic rings. The van der Waals surface area contributed by atoms with Crippen molar-refractivity contribution in [2.75, 3.05) is 6.54 Å². The van der Waals surface area contributed by atoms with Crippen LogP contribution < -0.4 is 0 Å². The minimum Gasteiger partial charge on any atom is -0.478 e. The summed E-state index contributed by atoms with van der Waals surface area (Å²) in [6, 6.07) is 1.57. The highest BCUT2D eigenvalue weighted by molar-refractivity contribution is 5.87. The Kier molecular flexibility index (Phi) is 2.64. The maximum Gasteiger partial charge on any atom is 0.338 e. The number of fused-ring (bicyclic) bond motifs is 1. The maximum atomic E-state index is 10.7. The lowest BCUT2D eigenvalue weighted by atomic mass is 10.3. The van der Waals surface area contributed by atoms with E-state index in [1.165, 1.54) is 6.26 Å². The number of furan rings is 1. The first-order valence-electron chi connectivity index (χ1n) is 5.75. The first-order chi connectivity index (χ1) is 8.72. The van der Waals surface area contributed by atoms with E-state index in [9.17, 15) is 4.79 Å². The number of aromatic nitrogens is 2. The summed E-state index contributed by atoms with van der Waals surface area (Å²) in [5.41, 5.74) is 0.198. The highest BCUT2D eigenvalue weighted by atomic mass is 16.4. The van der Waals surface area contributed by atoms with Crippen LogP contribution in [-0.2, 0) is 19.6 Å². The van der Waals surface area contributed by atoms with Crippen molar-refractivity contribution in [1.82, 2.24) is 14.5 Å². The van der Waals surface area contributed by atoms with Gasteiger partial charge in [0, 0.05) is 25.5 Å². The molecule has 3 rings (SSSR count). The van der Waals surface area contributed by atoms with Crippen molar-refractivity contribution in [3.05, 3.63) is 41.9 Å². The molecule has 0 radical (unpaired) electrons. The van der Waals surface area contributed by atoms with Crippen molar-refractivity contribution in [3.63, 3.8) is 0 Å². The highest BCUT2D eigenvalue weighted by Crippen LogP contribution is 2.15. The lowest BCUT2D eigenvalue weighted by molar-refractivity contribution is 0.0696. The van der Waals surface area contributed by atoms with E-state index in [1.807, 2.05) is 6.20 Å². The minimum absolute atomic E-state index is 0.198. The smallest absolute Gasteiger partial charge is 0.338 e. The highest BCUT2D eigenvalue weighted by Gasteiger charge is 2.18. The van der Waals surface area contributed by atoms with Gasteiger partial charge in [0.05, 0.1) is 18.7 Å². The molecular weight excluding hydrogens is 234 g/mol. The Morgan fingerprint density at radius 3 is 3.17 bits per heavy atom. The average molecular weight is 247 g/mol. The molecule has 0 spiro atoms. The molecule has 0 saturated heterocycles. The molecule has 0 fully saturated rings. The summed E-state index contributed by atoms with van der Waals surface area (Å²) >= 11 is 0. The molecule has 0 unspecified atom stereocenters. The number of carboxylic acid groups (broad SMARTS) is 1. The molecular formula is C12H13N3O3. The monoisotopic (exact) mass is 247 g/mol. The van der Waals surface area contributed by atoms with Crippen LogP contribution in [0.15, 0.2) is 29.1 Å². The summed E-state index contributed by atoms with van der Waals surface area (Å²) < 4.78 is 7.37. The molecule has 3 heterocycles. The van der Waals surface area contributed by atoms with Gasteiger partial charge in [-0.2, -0.15) is 0 Å². The lowest BCUT2D eigenvalue weighted by Gasteiger charge is -2.26. The van der Waals surface area contributed by atoms with Crippen LogP contribution in [0.1, 0.15) is 21.9 Å². The first kappa shape index (κ1) is 11.0. The fourth-order valence-corrected chi connectivity index (χ4v) is 2.15. The number of nitrogens with zero attached hydrogens (tertiary/aromatic N) is 3. The number of imidazole rings is 1. The van der Waals surface area contributed by atoms with E-state index in [0.717, 1.165) is 25.5 Å². The van der Waals surface area contributed by atoms with Crippen molar-refractivity contribution in [2.24, 2.45) is 0 Å². The predicted octanol–water partition coefficient (Wildman–Crippen LogP) is 1.19. The molecule has 1 aliphatic rings. The molecule has 2 aromatic heterocycles. The summed E-state index contributed by atoms with van der Waals surface area (Å²) in [6.07, 6.45) is 5.05. The summed E-state index contributed by atoms with van der Waals surface area (Å²) in [7, 11) is 0. The van der Waals surface area contributed by atoms with Gasteiger partial charge in [-0.25, -0.2) is 9.78 Å². The second-order valence-electron chi connectivity index (χ2n) is 4.35. The van der Waals surface area contributed by atoms with Crippen LogP contribution in [-0.4, -0.2) is 32.1 Å². The fourth-order valence-electron chi connectivity index (χ4n) is 2.15. The van der Waals surface area contributed by atoms with Gasteiger partial charge >= 0.3 is 5.97 Å². The van der Waals surface area contributed by atoms with E-state index in [-0.39, 0.29) is 5.56 Å². The standard InChI is InChI=1S/C12H13N3O3/c16-12(17)9-5-10(18-8-9)6-14-3-4-15-2-1-13-11(15)7-14/h1-2,5,8H,3-4,6-7H2,(H,16,17). The zero-order chi connectivity index (χ0) is 12.5. The van der Waals surface area contributed by atoms with Gasteiger partial charge in [0.1, 0.15) is 17.8 Å². The van der Waals surface area contributed by atoms with Gasteiger partial charge in [-0.3, -0.25) is 4.90 Å². The molecule has 0 saturated carbocycles. The Bertz CT molecular complexity index is 573. The Hall–Kier alpha value is -2.08. The Labute approximate surface area is 103 Å². The van der Waals surface area contributed by atoms with E-state index in [0.29, 0.717) is 12.3 Å². The Morgan fingerprint density at radius 2 is 2.39 bits per heavy atom. The van der Waals surface area contributed by atoms with Gasteiger partial charge < -0.3 is 14.1 Å². The van der Waals surface area contributed by atoms with E-state index >= 15 is 0 Å². The Balaban J connectivity index is 1.68. The summed E-state index contributed by atoms with van der Waals surface area (Å²) in [4.78, 5) is 17.2. The van der Waals surface area contributed by atoms with Crippen LogP contribution in [0.2, 0.25) is 0 Å². The molecule has 18 heavy (non-hydrogen) atoms. The summed E-state index contributed by atoms with van der Waals surface area (Å²) in [5, 5.41) is 8.82. The van der Waals surface area contributed by atoms with Gasteiger partial charge in [-0.15, -0.1) is 0 Å². The van der Waals surface area contributed by atoms with Crippen LogP contribution in [0.3, 0.4) is 0 Å². The van der Waals surface area contributed by atoms with E-state index < -0.39 is 5.97 Å². The van der Waals surface area contributed by atoms with Crippen molar-refractivity contribution in [1.29, 1.82) is 0 Å². The zero-order valence-electron chi connectivity index (χ0n) is 9.74. The molecule has 6 nitrogen and oxygen atoms in total. The molecule has 1 N–H and O–H groups in total. The molecule has 1 aliphatic heterocycles. The molecule has 0 atom stereocenters. The normalized spacial score (nSPS) is 15.6. The fraction of sp³-hybridized carbons (Fsp3) is 0.333. The van der Waals surface area contributed by atoms with Gasteiger partial charge in [-0.05, 0) is 6.07 Å². The molecule has 0 bridgehead atoms. The van der Waals surface area contributed by atoms with Crippen LogP contribution in [0.5, 0.6) is 0 Å². The molecule has 6 heteroatoms. The SMILES string of the molecule is O=C(O)c1coc(CN2CCn3ccnc3C2)c1. The van der Waals surface area contributed by atoms with Gasteiger partial charge in [0.25, 0.3) is 0 Å². The topological polar surface area (TPSA) is 71.5 Å². The predicted molar refractivity (Wildman–Crippen MR) is 62.0 cm³/mol. The number of hydrogen-bond acceptors (Lipinski definition) is 4. The largest absolute Gasteiger partial charge is 0.478 e. The van der Waals surface area contributed by atoms with E-state index in [1.54, 1.807) is 12.3 Å². The van der Waals surface area contributed by atoms with E-state index in [2.05, 4.69) is 14.5 Å². The third-order valence-corrected chi connectivity index (χ3v) is 3.10. The minimum atomic E-state index is -0.959. The number of hydrogen-bond donors (Lipinski definition) is 1. The lowest BCUT2D eigenvalue weighted by Crippen LogP contribution is -2.33. The van der Waals surface area contributed by atoms with Crippen molar-refractivity contribution in [3.8, 4) is 0 Å². The summed E-state index contributed by atoms with van der Waals surface area (Å²) in [5.74, 6) is 0.748. The number of aromatic carboxylic acids is 1. The first-order valence-corrected chi connectivity index (χ1v) is 5.75. The van der Waals surface area contributed by atoms with Crippen LogP contribution >= 0.6 is 0 Å². The molecule has 0 aliphatic carbocycles. The second kappa shape index (κ2) is 4.30. The van der Waals surface area contributed by atoms with Crippen LogP contribution in [0.4, 0.5) is 0 Å². The van der Waals surface area contributed by atoms with Crippen LogP contribution in [0.25, 0.3) is 0 Å². The third kappa shape index (κ3) is 2.02. The van der Waals surface area contributed by atoms with Gasteiger partial charge in [0.2, 0.25) is 0 Å². The average Bonchev–Trinajstić information content (AvgIpc) is 2.96. The number of carboxylic acids is 1. The molecule has 0 aromatic carbocycles. The maximum absolute atomic E-state index is 10.7. The zero-order valence-corrected chi connectivity index (χ0v) is 9.74. The van der Waals surface area contributed by atoms with Crippen molar-refractivity contribution >= 4 is 5.97 Å². The number of rotatable bonds is 3.